The summed E-state index contributed by atoms with van der Waals surface area (Å²) in [6.45, 7) is 4.03. The first-order chi connectivity index (χ1) is 14.0. The molecule has 0 radical (unpaired) electrons. The van der Waals surface area contributed by atoms with Crippen molar-refractivity contribution in [2.45, 2.75) is 6.92 Å². The highest BCUT2D eigenvalue weighted by molar-refractivity contribution is 9.10. The van der Waals surface area contributed by atoms with Crippen molar-refractivity contribution in [1.82, 2.24) is 15.6 Å². The molecule has 1 aromatic carbocycles. The van der Waals surface area contributed by atoms with Gasteiger partial charge < -0.3 is 24.4 Å². The number of hydrogen-bond acceptors (Lipinski definition) is 7. The Hall–Kier alpha value is -2.66. The maximum absolute atomic E-state index is 12.3. The van der Waals surface area contributed by atoms with E-state index in [9.17, 15) is 14.4 Å². The Labute approximate surface area is 176 Å². The minimum atomic E-state index is -0.865. The SMILES string of the molecule is CCNC(=O)C(=O)N/N=C\c1cc(Br)c(OCC(=O)N2CCOCC2)c(OC)c1. The fourth-order valence-electron chi connectivity index (χ4n) is 2.45. The molecule has 0 spiro atoms. The van der Waals surface area contributed by atoms with Crippen LogP contribution in [-0.2, 0) is 19.1 Å². The van der Waals surface area contributed by atoms with Crippen LogP contribution in [0.3, 0.4) is 0 Å². The third-order valence-electron chi connectivity index (χ3n) is 3.88. The summed E-state index contributed by atoms with van der Waals surface area (Å²) >= 11 is 3.39. The molecule has 11 heteroatoms. The number of hydrogen-bond donors (Lipinski definition) is 2. The lowest BCUT2D eigenvalue weighted by Crippen LogP contribution is -2.43. The first kappa shape index (κ1) is 22.6. The van der Waals surface area contributed by atoms with Gasteiger partial charge in [-0.05, 0) is 40.5 Å². The molecule has 0 saturated carbocycles. The second-order valence-corrected chi connectivity index (χ2v) is 6.73. The second kappa shape index (κ2) is 11.4. The fraction of sp³-hybridized carbons (Fsp3) is 0.444. The van der Waals surface area contributed by atoms with Gasteiger partial charge in [-0.25, -0.2) is 5.43 Å². The van der Waals surface area contributed by atoms with Gasteiger partial charge >= 0.3 is 11.8 Å². The fourth-order valence-corrected chi connectivity index (χ4v) is 3.02. The van der Waals surface area contributed by atoms with E-state index in [-0.39, 0.29) is 12.5 Å². The number of ether oxygens (including phenoxy) is 3. The van der Waals surface area contributed by atoms with E-state index in [2.05, 4.69) is 31.8 Å². The van der Waals surface area contributed by atoms with Crippen molar-refractivity contribution in [2.24, 2.45) is 5.10 Å². The summed E-state index contributed by atoms with van der Waals surface area (Å²) in [7, 11) is 1.47. The number of morpholine rings is 1. The Kier molecular flexibility index (Phi) is 8.87. The van der Waals surface area contributed by atoms with E-state index in [1.165, 1.54) is 13.3 Å². The molecule has 1 saturated heterocycles. The van der Waals surface area contributed by atoms with Crippen LogP contribution in [-0.4, -0.2) is 75.4 Å². The molecule has 3 amide bonds. The van der Waals surface area contributed by atoms with Crippen molar-refractivity contribution in [1.29, 1.82) is 0 Å². The number of hydrazone groups is 1. The van der Waals surface area contributed by atoms with E-state index in [0.29, 0.717) is 54.4 Å². The molecular weight excluding hydrogens is 448 g/mol. The maximum atomic E-state index is 12.3. The van der Waals surface area contributed by atoms with Gasteiger partial charge in [0.05, 0.1) is 31.0 Å². The molecule has 0 aromatic heterocycles. The van der Waals surface area contributed by atoms with Crippen molar-refractivity contribution in [3.05, 3.63) is 22.2 Å². The number of benzene rings is 1. The predicted molar refractivity (Wildman–Crippen MR) is 108 cm³/mol. The standard InChI is InChI=1S/C18H23BrN4O6/c1-3-20-17(25)18(26)22-21-10-12-8-13(19)16(14(9-12)27-2)29-11-15(24)23-4-6-28-7-5-23/h8-10H,3-7,11H2,1-2H3,(H,20,25)(H,22,26)/b21-10-. The topological polar surface area (TPSA) is 119 Å². The number of methoxy groups -OCH3 is 1. The summed E-state index contributed by atoms with van der Waals surface area (Å²) in [5.41, 5.74) is 2.71. The molecule has 0 atom stereocenters. The average molecular weight is 471 g/mol. The Bertz CT molecular complexity index is 780. The number of amides is 3. The molecule has 10 nitrogen and oxygen atoms in total. The number of rotatable bonds is 7. The van der Waals surface area contributed by atoms with Gasteiger partial charge in [0.25, 0.3) is 5.91 Å². The van der Waals surface area contributed by atoms with E-state index in [4.69, 9.17) is 14.2 Å². The van der Waals surface area contributed by atoms with Crippen LogP contribution in [0.15, 0.2) is 21.7 Å². The van der Waals surface area contributed by atoms with Gasteiger partial charge in [0.15, 0.2) is 18.1 Å². The van der Waals surface area contributed by atoms with Gasteiger partial charge in [0.1, 0.15) is 0 Å². The number of halogens is 1. The van der Waals surface area contributed by atoms with Gasteiger partial charge in [-0.3, -0.25) is 14.4 Å². The summed E-state index contributed by atoms with van der Waals surface area (Å²) in [6.07, 6.45) is 1.35. The molecule has 1 aromatic rings. The van der Waals surface area contributed by atoms with Crippen LogP contribution in [0.1, 0.15) is 12.5 Å². The number of carbonyl (C=O) groups excluding carboxylic acids is 3. The molecule has 0 aliphatic carbocycles. The van der Waals surface area contributed by atoms with E-state index >= 15 is 0 Å². The van der Waals surface area contributed by atoms with Crippen molar-refractivity contribution in [3.8, 4) is 11.5 Å². The Morgan fingerprint density at radius 2 is 2.00 bits per heavy atom. The van der Waals surface area contributed by atoms with E-state index < -0.39 is 11.8 Å². The summed E-state index contributed by atoms with van der Waals surface area (Å²) < 4.78 is 16.8. The van der Waals surface area contributed by atoms with Gasteiger partial charge in [0.2, 0.25) is 0 Å². The molecule has 1 heterocycles. The Balaban J connectivity index is 2.00. The minimum absolute atomic E-state index is 0.134. The maximum Gasteiger partial charge on any atom is 0.329 e. The van der Waals surface area contributed by atoms with Crippen LogP contribution < -0.4 is 20.2 Å². The summed E-state index contributed by atoms with van der Waals surface area (Å²) in [4.78, 5) is 36.8. The molecular formula is C18H23BrN4O6. The van der Waals surface area contributed by atoms with Gasteiger partial charge in [0, 0.05) is 19.6 Å². The molecule has 158 valence electrons. The second-order valence-electron chi connectivity index (χ2n) is 5.87. The zero-order chi connectivity index (χ0) is 21.2. The van der Waals surface area contributed by atoms with Crippen molar-refractivity contribution < 1.29 is 28.6 Å². The highest BCUT2D eigenvalue weighted by atomic mass is 79.9. The van der Waals surface area contributed by atoms with E-state index in [0.717, 1.165) is 0 Å². The van der Waals surface area contributed by atoms with Crippen molar-refractivity contribution in [3.63, 3.8) is 0 Å². The lowest BCUT2D eigenvalue weighted by Gasteiger charge is -2.26. The largest absolute Gasteiger partial charge is 0.493 e. The monoisotopic (exact) mass is 470 g/mol. The summed E-state index contributed by atoms with van der Waals surface area (Å²) in [5.74, 6) is -1.02. The Morgan fingerprint density at radius 3 is 2.66 bits per heavy atom. The third-order valence-corrected chi connectivity index (χ3v) is 4.47. The molecule has 0 bridgehead atoms. The summed E-state index contributed by atoms with van der Waals surface area (Å²) in [5, 5.41) is 6.12. The molecule has 2 N–H and O–H groups in total. The molecule has 1 aliphatic rings. The minimum Gasteiger partial charge on any atom is -0.493 e. The summed E-state index contributed by atoms with van der Waals surface area (Å²) in [6, 6.07) is 3.31. The van der Waals surface area contributed by atoms with Crippen LogP contribution in [0.2, 0.25) is 0 Å². The third kappa shape index (κ3) is 6.71. The normalized spacial score (nSPS) is 13.8. The van der Waals surface area contributed by atoms with Crippen LogP contribution >= 0.6 is 15.9 Å². The van der Waals surface area contributed by atoms with Gasteiger partial charge in [-0.1, -0.05) is 0 Å². The Morgan fingerprint density at radius 1 is 1.28 bits per heavy atom. The lowest BCUT2D eigenvalue weighted by atomic mass is 10.2. The number of nitrogens with zero attached hydrogens (tertiary/aromatic N) is 2. The zero-order valence-electron chi connectivity index (χ0n) is 16.2. The van der Waals surface area contributed by atoms with Gasteiger partial charge in [-0.2, -0.15) is 5.10 Å². The van der Waals surface area contributed by atoms with Crippen LogP contribution in [0, 0.1) is 0 Å². The van der Waals surface area contributed by atoms with E-state index in [1.807, 2.05) is 0 Å². The highest BCUT2D eigenvalue weighted by Crippen LogP contribution is 2.36. The highest BCUT2D eigenvalue weighted by Gasteiger charge is 2.19. The average Bonchev–Trinajstić information content (AvgIpc) is 2.73. The van der Waals surface area contributed by atoms with Gasteiger partial charge in [-0.15, -0.1) is 0 Å². The molecule has 29 heavy (non-hydrogen) atoms. The van der Waals surface area contributed by atoms with Crippen LogP contribution in [0.4, 0.5) is 0 Å². The predicted octanol–water partition coefficient (Wildman–Crippen LogP) is 0.282. The lowest BCUT2D eigenvalue weighted by molar-refractivity contribution is -0.139. The van der Waals surface area contributed by atoms with Crippen molar-refractivity contribution >= 4 is 39.9 Å². The number of carbonyl (C=O) groups is 3. The number of nitrogens with one attached hydrogen (secondary N) is 2. The van der Waals surface area contributed by atoms with E-state index in [1.54, 1.807) is 24.0 Å². The van der Waals surface area contributed by atoms with Crippen LogP contribution in [0.5, 0.6) is 11.5 Å². The molecule has 1 fully saturated rings. The molecule has 2 rings (SSSR count). The molecule has 1 aliphatic heterocycles. The first-order valence-corrected chi connectivity index (χ1v) is 9.72. The van der Waals surface area contributed by atoms with Crippen LogP contribution in [0.25, 0.3) is 0 Å². The number of likely N-dealkylation sites (N-methyl/N-ethyl adjacent to an activating group) is 1. The van der Waals surface area contributed by atoms with Crippen molar-refractivity contribution in [2.75, 3.05) is 46.6 Å². The zero-order valence-corrected chi connectivity index (χ0v) is 17.8. The quantitative estimate of drug-likeness (QED) is 0.335. The smallest absolute Gasteiger partial charge is 0.329 e. The molecule has 0 unspecified atom stereocenters. The first-order valence-electron chi connectivity index (χ1n) is 8.93.